The van der Waals surface area contributed by atoms with Crippen molar-refractivity contribution in [3.8, 4) is 11.1 Å². The van der Waals surface area contributed by atoms with Gasteiger partial charge >= 0.3 is 18.2 Å². The van der Waals surface area contributed by atoms with Crippen molar-refractivity contribution in [1.29, 1.82) is 0 Å². The zero-order chi connectivity index (χ0) is 34.2. The molecule has 2 unspecified atom stereocenters. The fourth-order valence-corrected chi connectivity index (χ4v) is 8.59. The molecule has 1 fully saturated rings. The van der Waals surface area contributed by atoms with E-state index in [9.17, 15) is 24.1 Å². The Morgan fingerprint density at radius 2 is 1.43 bits per heavy atom. The summed E-state index contributed by atoms with van der Waals surface area (Å²) in [7, 11) is -3.64. The Hall–Kier alpha value is -3.20. The van der Waals surface area contributed by atoms with Crippen LogP contribution in [0.1, 0.15) is 79.7 Å². The highest BCUT2D eigenvalue weighted by Crippen LogP contribution is 2.63. The molecule has 0 aromatic heterocycles. The average molecular weight is 659 g/mol. The van der Waals surface area contributed by atoms with Crippen molar-refractivity contribution >= 4 is 25.5 Å². The Labute approximate surface area is 273 Å². The SMILES string of the molecule is CCOP1(=O)CCN(Cc2ccc(-c3ccccc3)cc2)CCC1(CCCCN(C(=O)OC(C)(C)C)C(=O)OC(C)(C)C)C(=O)O. The quantitative estimate of drug-likeness (QED) is 0.189. The standard InChI is InChI=1S/C35H51N2O8P/c1-8-43-46(42)25-24-36(26-27-16-18-29(19-17-27)28-14-10-9-11-15-28)23-21-35(46,30(38)39)20-12-13-22-37(31(40)44-33(2,3)4)32(41)45-34(5,6)7/h9-11,14-19H,8,12-13,20-26H2,1-7H3,(H,38,39). The van der Waals surface area contributed by atoms with E-state index in [2.05, 4.69) is 41.3 Å². The van der Waals surface area contributed by atoms with E-state index in [1.807, 2.05) is 18.2 Å². The molecular formula is C35H51N2O8P. The summed E-state index contributed by atoms with van der Waals surface area (Å²) in [5.41, 5.74) is 1.67. The predicted molar refractivity (Wildman–Crippen MR) is 179 cm³/mol. The fraction of sp³-hybridized carbons (Fsp3) is 0.571. The van der Waals surface area contributed by atoms with E-state index < -0.39 is 41.9 Å². The number of ether oxygens (including phenoxy) is 2. The van der Waals surface area contributed by atoms with Crippen molar-refractivity contribution in [3.05, 3.63) is 60.2 Å². The number of carbonyl (C=O) groups excluding carboxylic acids is 2. The number of hydrogen-bond donors (Lipinski definition) is 1. The molecule has 1 N–H and O–H groups in total. The van der Waals surface area contributed by atoms with Gasteiger partial charge in [-0.1, -0.05) is 54.6 Å². The summed E-state index contributed by atoms with van der Waals surface area (Å²) in [4.78, 5) is 41.8. The second-order valence-corrected chi connectivity index (χ2v) is 16.7. The third-order valence-corrected chi connectivity index (χ3v) is 11.3. The van der Waals surface area contributed by atoms with Crippen molar-refractivity contribution in [2.45, 2.75) is 97.1 Å². The molecule has 0 aliphatic carbocycles. The number of hydrogen-bond acceptors (Lipinski definition) is 8. The molecule has 0 bridgehead atoms. The summed E-state index contributed by atoms with van der Waals surface area (Å²) in [6, 6.07) is 18.4. The molecule has 1 aliphatic heterocycles. The summed E-state index contributed by atoms with van der Waals surface area (Å²) in [6.45, 7) is 13.5. The van der Waals surface area contributed by atoms with Crippen LogP contribution in [-0.2, 0) is 29.9 Å². The first-order valence-electron chi connectivity index (χ1n) is 16.1. The van der Waals surface area contributed by atoms with Crippen LogP contribution in [0.15, 0.2) is 54.6 Å². The minimum Gasteiger partial charge on any atom is -0.480 e. The van der Waals surface area contributed by atoms with Gasteiger partial charge in [0.05, 0.1) is 6.61 Å². The van der Waals surface area contributed by atoms with Crippen LogP contribution in [0.25, 0.3) is 11.1 Å². The van der Waals surface area contributed by atoms with Crippen LogP contribution < -0.4 is 0 Å². The van der Waals surface area contributed by atoms with Crippen LogP contribution in [0.4, 0.5) is 9.59 Å². The van der Waals surface area contributed by atoms with Crippen molar-refractivity contribution < 1.29 is 38.1 Å². The van der Waals surface area contributed by atoms with Gasteiger partial charge in [0, 0.05) is 32.3 Å². The van der Waals surface area contributed by atoms with Crippen LogP contribution in [0.5, 0.6) is 0 Å². The smallest absolute Gasteiger partial charge is 0.419 e. The van der Waals surface area contributed by atoms with Gasteiger partial charge in [0.2, 0.25) is 7.37 Å². The number of imide groups is 1. The molecule has 2 aromatic carbocycles. The highest BCUT2D eigenvalue weighted by molar-refractivity contribution is 7.61. The number of unbranched alkanes of at least 4 members (excludes halogenated alkanes) is 1. The molecule has 1 saturated heterocycles. The maximum atomic E-state index is 14.4. The first-order valence-corrected chi connectivity index (χ1v) is 17.9. The number of carbonyl (C=O) groups is 3. The molecule has 1 aliphatic rings. The van der Waals surface area contributed by atoms with Gasteiger partial charge in [-0.15, -0.1) is 0 Å². The third-order valence-electron chi connectivity index (χ3n) is 7.86. The van der Waals surface area contributed by atoms with Crippen LogP contribution in [0.3, 0.4) is 0 Å². The van der Waals surface area contributed by atoms with Crippen LogP contribution in [-0.4, -0.2) is 81.8 Å². The Balaban J connectivity index is 1.73. The molecule has 2 atom stereocenters. The molecule has 10 nitrogen and oxygen atoms in total. The van der Waals surface area contributed by atoms with E-state index in [1.54, 1.807) is 48.5 Å². The first-order chi connectivity index (χ1) is 21.5. The molecule has 2 amide bonds. The molecule has 1 heterocycles. The number of amides is 2. The van der Waals surface area contributed by atoms with E-state index >= 15 is 0 Å². The molecule has 0 spiro atoms. The van der Waals surface area contributed by atoms with E-state index in [-0.39, 0.29) is 38.6 Å². The maximum absolute atomic E-state index is 14.4. The topological polar surface area (TPSA) is 123 Å². The lowest BCUT2D eigenvalue weighted by atomic mass is 9.96. The second kappa shape index (κ2) is 15.6. The Kier molecular flexibility index (Phi) is 12.6. The number of aliphatic carboxylic acids is 1. The number of nitrogens with zero attached hydrogens (tertiary/aromatic N) is 2. The largest absolute Gasteiger partial charge is 0.480 e. The van der Waals surface area contributed by atoms with E-state index in [0.717, 1.165) is 21.6 Å². The molecule has 2 aromatic rings. The molecule has 46 heavy (non-hydrogen) atoms. The molecule has 3 rings (SSSR count). The van der Waals surface area contributed by atoms with Crippen molar-refractivity contribution in [1.82, 2.24) is 9.80 Å². The number of rotatable bonds is 11. The second-order valence-electron chi connectivity index (χ2n) is 13.8. The Bertz CT molecular complexity index is 1340. The predicted octanol–water partition coefficient (Wildman–Crippen LogP) is 8.04. The summed E-state index contributed by atoms with van der Waals surface area (Å²) < 4.78 is 31.1. The van der Waals surface area contributed by atoms with Gasteiger partial charge in [0.15, 0.2) is 0 Å². The fourth-order valence-electron chi connectivity index (χ4n) is 5.59. The minimum absolute atomic E-state index is 0.0381. The summed E-state index contributed by atoms with van der Waals surface area (Å²) in [5.74, 6) is -1.14. The zero-order valence-corrected chi connectivity index (χ0v) is 29.3. The van der Waals surface area contributed by atoms with Crippen LogP contribution in [0.2, 0.25) is 0 Å². The first kappa shape index (κ1) is 37.3. The lowest BCUT2D eigenvalue weighted by molar-refractivity contribution is -0.141. The van der Waals surface area contributed by atoms with E-state index in [1.165, 1.54) is 0 Å². The number of carboxylic acid groups (broad SMARTS) is 1. The molecular weight excluding hydrogens is 607 g/mol. The molecule has 0 radical (unpaired) electrons. The van der Waals surface area contributed by atoms with Gasteiger partial charge in [0.1, 0.15) is 16.4 Å². The molecule has 254 valence electrons. The highest BCUT2D eigenvalue weighted by Gasteiger charge is 2.55. The van der Waals surface area contributed by atoms with Gasteiger partial charge in [-0.05, 0) is 90.8 Å². The Morgan fingerprint density at radius 1 is 0.870 bits per heavy atom. The maximum Gasteiger partial charge on any atom is 0.419 e. The third kappa shape index (κ3) is 10.1. The minimum atomic E-state index is -3.64. The molecule has 0 saturated carbocycles. The average Bonchev–Trinajstić information content (AvgIpc) is 3.09. The lowest BCUT2D eigenvalue weighted by Gasteiger charge is -2.35. The summed E-state index contributed by atoms with van der Waals surface area (Å²) in [5, 5.41) is 9.02. The molecule has 11 heteroatoms. The monoisotopic (exact) mass is 658 g/mol. The van der Waals surface area contributed by atoms with Gasteiger partial charge in [-0.2, -0.15) is 0 Å². The van der Waals surface area contributed by atoms with Crippen molar-refractivity contribution in [2.24, 2.45) is 0 Å². The van der Waals surface area contributed by atoms with Crippen molar-refractivity contribution in [3.63, 3.8) is 0 Å². The number of benzene rings is 2. The highest BCUT2D eigenvalue weighted by atomic mass is 31.2. The lowest BCUT2D eigenvalue weighted by Crippen LogP contribution is -2.44. The van der Waals surface area contributed by atoms with E-state index in [0.29, 0.717) is 26.1 Å². The zero-order valence-electron chi connectivity index (χ0n) is 28.4. The van der Waals surface area contributed by atoms with Crippen LogP contribution in [0, 0.1) is 0 Å². The van der Waals surface area contributed by atoms with Crippen molar-refractivity contribution in [2.75, 3.05) is 32.4 Å². The van der Waals surface area contributed by atoms with Gasteiger partial charge in [-0.3, -0.25) is 14.3 Å². The summed E-state index contributed by atoms with van der Waals surface area (Å²) in [6.07, 6.45) is -0.742. The van der Waals surface area contributed by atoms with Gasteiger partial charge in [0.25, 0.3) is 0 Å². The normalized spacial score (nSPS) is 20.8. The summed E-state index contributed by atoms with van der Waals surface area (Å²) >= 11 is 0. The Morgan fingerprint density at radius 3 is 1.96 bits per heavy atom. The van der Waals surface area contributed by atoms with E-state index in [4.69, 9.17) is 14.0 Å². The van der Waals surface area contributed by atoms with Gasteiger partial charge in [-0.25, -0.2) is 14.5 Å². The number of carboxylic acids is 1. The van der Waals surface area contributed by atoms with Crippen LogP contribution >= 0.6 is 7.37 Å². The van der Waals surface area contributed by atoms with Gasteiger partial charge < -0.3 is 19.1 Å².